The second-order valence-corrected chi connectivity index (χ2v) is 7.81. The summed E-state index contributed by atoms with van der Waals surface area (Å²) in [4.78, 5) is 30.3. The summed E-state index contributed by atoms with van der Waals surface area (Å²) >= 11 is 1.35. The molecular formula is C21H17F2N3O2S. The Morgan fingerprint density at radius 2 is 1.69 bits per heavy atom. The summed E-state index contributed by atoms with van der Waals surface area (Å²) in [5, 5.41) is 5.99. The number of benzene rings is 2. The summed E-state index contributed by atoms with van der Waals surface area (Å²) in [6.45, 7) is 0.309. The van der Waals surface area contributed by atoms with Crippen molar-refractivity contribution in [3.63, 3.8) is 0 Å². The molecule has 2 amide bonds. The van der Waals surface area contributed by atoms with Gasteiger partial charge < -0.3 is 5.32 Å². The molecule has 0 fully saturated rings. The summed E-state index contributed by atoms with van der Waals surface area (Å²) in [5.41, 5.74) is 1.82. The van der Waals surface area contributed by atoms with E-state index in [4.69, 9.17) is 0 Å². The lowest BCUT2D eigenvalue weighted by atomic mass is 10.1. The lowest BCUT2D eigenvalue weighted by Gasteiger charge is -2.11. The molecule has 0 spiro atoms. The molecular weight excluding hydrogens is 396 g/mol. The second-order valence-electron chi connectivity index (χ2n) is 6.72. The van der Waals surface area contributed by atoms with Gasteiger partial charge in [-0.15, -0.1) is 11.3 Å². The molecule has 0 radical (unpaired) electrons. The third kappa shape index (κ3) is 4.32. The van der Waals surface area contributed by atoms with Crippen molar-refractivity contribution in [2.24, 2.45) is 0 Å². The van der Waals surface area contributed by atoms with Crippen LogP contribution in [0.4, 0.5) is 13.9 Å². The number of aromatic nitrogens is 1. The van der Waals surface area contributed by atoms with Crippen LogP contribution in [-0.4, -0.2) is 16.8 Å². The van der Waals surface area contributed by atoms with E-state index in [0.29, 0.717) is 35.8 Å². The van der Waals surface area contributed by atoms with Gasteiger partial charge in [0.15, 0.2) is 5.13 Å². The maximum Gasteiger partial charge on any atom is 0.257 e. The Bertz CT molecular complexity index is 1050. The summed E-state index contributed by atoms with van der Waals surface area (Å²) in [7, 11) is 0. The van der Waals surface area contributed by atoms with Crippen LogP contribution in [0.25, 0.3) is 0 Å². The van der Waals surface area contributed by atoms with Crippen molar-refractivity contribution in [3.05, 3.63) is 81.9 Å². The summed E-state index contributed by atoms with van der Waals surface area (Å²) < 4.78 is 26.0. The van der Waals surface area contributed by atoms with Gasteiger partial charge in [-0.3, -0.25) is 14.9 Å². The number of hydrogen-bond acceptors (Lipinski definition) is 4. The molecule has 0 aliphatic heterocycles. The number of nitrogens with zero attached hydrogens (tertiary/aromatic N) is 1. The van der Waals surface area contributed by atoms with E-state index in [1.807, 2.05) is 0 Å². The van der Waals surface area contributed by atoms with Crippen LogP contribution >= 0.6 is 11.3 Å². The Balaban J connectivity index is 1.40. The maximum absolute atomic E-state index is 13.0. The van der Waals surface area contributed by atoms with Crippen LogP contribution in [0.3, 0.4) is 0 Å². The molecule has 2 N–H and O–H groups in total. The van der Waals surface area contributed by atoms with Crippen molar-refractivity contribution in [1.29, 1.82) is 0 Å². The highest BCUT2D eigenvalue weighted by Crippen LogP contribution is 2.38. The van der Waals surface area contributed by atoms with E-state index in [1.165, 1.54) is 47.7 Å². The number of carbonyl (C=O) groups is 2. The molecule has 0 unspecified atom stereocenters. The molecule has 1 aromatic heterocycles. The standard InChI is InChI=1S/C21H17F2N3O2S/c22-14-5-1-12(2-6-14)11-24-20(28)16-9-10-17-18(16)25-21(29-17)26-19(27)13-3-7-15(23)8-4-13/h1-8,16H,9-11H2,(H,24,28)(H,25,26,27)/t16-/m0/s1. The molecule has 2 aromatic carbocycles. The number of fused-ring (bicyclic) bond motifs is 1. The average Bonchev–Trinajstić information content (AvgIpc) is 3.28. The second kappa shape index (κ2) is 8.08. The van der Waals surface area contributed by atoms with E-state index in [1.54, 1.807) is 12.1 Å². The van der Waals surface area contributed by atoms with Gasteiger partial charge in [-0.05, 0) is 54.8 Å². The molecule has 0 saturated carbocycles. The molecule has 1 heterocycles. The van der Waals surface area contributed by atoms with Crippen molar-refractivity contribution < 1.29 is 18.4 Å². The minimum absolute atomic E-state index is 0.144. The number of halogens is 2. The first-order valence-electron chi connectivity index (χ1n) is 9.08. The Morgan fingerprint density at radius 1 is 1.03 bits per heavy atom. The number of aryl methyl sites for hydroxylation is 1. The Morgan fingerprint density at radius 3 is 2.38 bits per heavy atom. The van der Waals surface area contributed by atoms with Gasteiger partial charge >= 0.3 is 0 Å². The largest absolute Gasteiger partial charge is 0.351 e. The van der Waals surface area contributed by atoms with Gasteiger partial charge in [0.2, 0.25) is 5.91 Å². The molecule has 1 atom stereocenters. The van der Waals surface area contributed by atoms with Gasteiger partial charge in [0.1, 0.15) is 11.6 Å². The molecule has 29 heavy (non-hydrogen) atoms. The van der Waals surface area contributed by atoms with Crippen LogP contribution in [0.5, 0.6) is 0 Å². The fourth-order valence-electron chi connectivity index (χ4n) is 3.22. The minimum atomic E-state index is -0.413. The highest BCUT2D eigenvalue weighted by atomic mass is 32.1. The van der Waals surface area contributed by atoms with Gasteiger partial charge in [0.25, 0.3) is 5.91 Å². The fraction of sp³-hybridized carbons (Fsp3) is 0.190. The Kier molecular flexibility index (Phi) is 5.35. The van der Waals surface area contributed by atoms with Crippen LogP contribution in [0.2, 0.25) is 0 Å². The SMILES string of the molecule is O=C(Nc1nc2c(s1)CC[C@@H]2C(=O)NCc1ccc(F)cc1)c1ccc(F)cc1. The number of hydrogen-bond donors (Lipinski definition) is 2. The number of thiazole rings is 1. The highest BCUT2D eigenvalue weighted by molar-refractivity contribution is 7.16. The zero-order valence-electron chi connectivity index (χ0n) is 15.2. The van der Waals surface area contributed by atoms with Gasteiger partial charge in [0, 0.05) is 17.0 Å². The summed E-state index contributed by atoms with van der Waals surface area (Å²) in [6, 6.07) is 11.2. The summed E-state index contributed by atoms with van der Waals surface area (Å²) in [5.74, 6) is -1.63. The van der Waals surface area contributed by atoms with Crippen molar-refractivity contribution in [2.45, 2.75) is 25.3 Å². The van der Waals surface area contributed by atoms with Crippen molar-refractivity contribution in [3.8, 4) is 0 Å². The Hall–Kier alpha value is -3.13. The van der Waals surface area contributed by atoms with E-state index < -0.39 is 5.82 Å². The van der Waals surface area contributed by atoms with Crippen molar-refractivity contribution in [2.75, 3.05) is 5.32 Å². The third-order valence-electron chi connectivity index (χ3n) is 4.74. The number of anilines is 1. The van der Waals surface area contributed by atoms with E-state index >= 15 is 0 Å². The number of carbonyl (C=O) groups excluding carboxylic acids is 2. The first kappa shape index (κ1) is 19.2. The lowest BCUT2D eigenvalue weighted by Crippen LogP contribution is -2.28. The van der Waals surface area contributed by atoms with Crippen LogP contribution in [0, 0.1) is 11.6 Å². The molecule has 1 aliphatic carbocycles. The average molecular weight is 413 g/mol. The molecule has 148 valence electrons. The zero-order valence-corrected chi connectivity index (χ0v) is 16.1. The topological polar surface area (TPSA) is 71.1 Å². The molecule has 8 heteroatoms. The number of nitrogens with one attached hydrogen (secondary N) is 2. The van der Waals surface area contributed by atoms with E-state index in [-0.39, 0.29) is 23.5 Å². The molecule has 1 aliphatic rings. The number of rotatable bonds is 5. The van der Waals surface area contributed by atoms with Crippen LogP contribution in [-0.2, 0) is 17.8 Å². The van der Waals surface area contributed by atoms with Crippen LogP contribution < -0.4 is 10.6 Å². The predicted molar refractivity (Wildman–Crippen MR) is 106 cm³/mol. The summed E-state index contributed by atoms with van der Waals surface area (Å²) in [6.07, 6.45) is 1.38. The predicted octanol–water partition coefficient (Wildman–Crippen LogP) is 4.02. The van der Waals surface area contributed by atoms with Crippen molar-refractivity contribution >= 4 is 28.3 Å². The Labute approximate surface area is 169 Å². The molecule has 3 aromatic rings. The highest BCUT2D eigenvalue weighted by Gasteiger charge is 2.32. The zero-order chi connectivity index (χ0) is 20.4. The lowest BCUT2D eigenvalue weighted by molar-refractivity contribution is -0.122. The molecule has 5 nitrogen and oxygen atoms in total. The minimum Gasteiger partial charge on any atom is -0.351 e. The molecule has 0 saturated heterocycles. The molecule has 0 bridgehead atoms. The number of amides is 2. The first-order chi connectivity index (χ1) is 14.0. The normalized spacial score (nSPS) is 15.0. The maximum atomic E-state index is 13.0. The van der Waals surface area contributed by atoms with Gasteiger partial charge in [0.05, 0.1) is 11.6 Å². The van der Waals surface area contributed by atoms with E-state index in [0.717, 1.165) is 10.4 Å². The van der Waals surface area contributed by atoms with Crippen molar-refractivity contribution in [1.82, 2.24) is 10.3 Å². The fourth-order valence-corrected chi connectivity index (χ4v) is 4.25. The first-order valence-corrected chi connectivity index (χ1v) is 9.90. The quantitative estimate of drug-likeness (QED) is 0.664. The van der Waals surface area contributed by atoms with E-state index in [9.17, 15) is 18.4 Å². The molecule has 4 rings (SSSR count). The monoisotopic (exact) mass is 413 g/mol. The van der Waals surface area contributed by atoms with Crippen LogP contribution in [0.1, 0.15) is 38.8 Å². The van der Waals surface area contributed by atoms with Gasteiger partial charge in [-0.25, -0.2) is 13.8 Å². The van der Waals surface area contributed by atoms with E-state index in [2.05, 4.69) is 15.6 Å². The smallest absolute Gasteiger partial charge is 0.257 e. The van der Waals surface area contributed by atoms with Gasteiger partial charge in [-0.1, -0.05) is 12.1 Å². The van der Waals surface area contributed by atoms with Gasteiger partial charge in [-0.2, -0.15) is 0 Å². The van der Waals surface area contributed by atoms with Crippen LogP contribution in [0.15, 0.2) is 48.5 Å². The third-order valence-corrected chi connectivity index (χ3v) is 5.79.